The minimum atomic E-state index is -0.298. The van der Waals surface area contributed by atoms with Crippen LogP contribution in [0.1, 0.15) is 26.2 Å². The molecule has 3 heteroatoms. The highest BCUT2D eigenvalue weighted by Gasteiger charge is 2.34. The second-order valence-corrected chi connectivity index (χ2v) is 3.80. The van der Waals surface area contributed by atoms with Gasteiger partial charge < -0.3 is 9.47 Å². The van der Waals surface area contributed by atoms with Gasteiger partial charge in [0.25, 0.3) is 0 Å². The molecule has 2 atom stereocenters. The zero-order valence-corrected chi connectivity index (χ0v) is 8.38. The maximum Gasteiger partial charge on any atom is 0.0832 e. The Morgan fingerprint density at radius 1 is 1.69 bits per heavy atom. The van der Waals surface area contributed by atoms with Crippen molar-refractivity contribution in [3.05, 3.63) is 0 Å². The van der Waals surface area contributed by atoms with E-state index >= 15 is 0 Å². The number of nitriles is 1. The molecule has 1 rings (SSSR count). The van der Waals surface area contributed by atoms with Crippen LogP contribution in [0.4, 0.5) is 0 Å². The molecule has 0 spiro atoms. The van der Waals surface area contributed by atoms with Crippen molar-refractivity contribution >= 4 is 0 Å². The number of hydrogen-bond acceptors (Lipinski definition) is 3. The average Bonchev–Trinajstić information content (AvgIpc) is 2.19. The summed E-state index contributed by atoms with van der Waals surface area (Å²) in [4.78, 5) is 0. The van der Waals surface area contributed by atoms with Crippen LogP contribution in [0.25, 0.3) is 0 Å². The van der Waals surface area contributed by atoms with Gasteiger partial charge in [0, 0.05) is 13.7 Å². The highest BCUT2D eigenvalue weighted by atomic mass is 16.5. The molecule has 1 aliphatic rings. The molecule has 3 nitrogen and oxygen atoms in total. The fraction of sp³-hybridized carbons (Fsp3) is 0.900. The SMILES string of the molecule is COC(C)CC1(C#N)CCCOC1. The van der Waals surface area contributed by atoms with Crippen molar-refractivity contribution in [3.63, 3.8) is 0 Å². The van der Waals surface area contributed by atoms with Crippen molar-refractivity contribution in [1.29, 1.82) is 5.26 Å². The molecule has 13 heavy (non-hydrogen) atoms. The molecule has 0 aromatic rings. The molecule has 0 amide bonds. The molecule has 0 aromatic carbocycles. The van der Waals surface area contributed by atoms with Crippen molar-refractivity contribution in [3.8, 4) is 6.07 Å². The molecule has 0 N–H and O–H groups in total. The molecule has 0 bridgehead atoms. The molecular weight excluding hydrogens is 166 g/mol. The van der Waals surface area contributed by atoms with E-state index < -0.39 is 0 Å². The summed E-state index contributed by atoms with van der Waals surface area (Å²) < 4.78 is 10.5. The predicted octanol–water partition coefficient (Wildman–Crippen LogP) is 1.73. The normalized spacial score (nSPS) is 30.8. The molecule has 1 aliphatic heterocycles. The molecular formula is C10H17NO2. The zero-order valence-electron chi connectivity index (χ0n) is 8.38. The standard InChI is InChI=1S/C10H17NO2/c1-9(12-2)6-10(7-11)4-3-5-13-8-10/h9H,3-6,8H2,1-2H3. The van der Waals surface area contributed by atoms with Crippen molar-refractivity contribution < 1.29 is 9.47 Å². The number of methoxy groups -OCH3 is 1. The first kappa shape index (κ1) is 10.5. The van der Waals surface area contributed by atoms with E-state index in [2.05, 4.69) is 6.07 Å². The summed E-state index contributed by atoms with van der Waals surface area (Å²) in [6.45, 7) is 3.36. The fourth-order valence-electron chi connectivity index (χ4n) is 1.78. The third kappa shape index (κ3) is 2.68. The monoisotopic (exact) mass is 183 g/mol. The number of ether oxygens (including phenoxy) is 2. The fourth-order valence-corrected chi connectivity index (χ4v) is 1.78. The number of hydrogen-bond donors (Lipinski definition) is 0. The van der Waals surface area contributed by atoms with Gasteiger partial charge in [-0.3, -0.25) is 0 Å². The summed E-state index contributed by atoms with van der Waals surface area (Å²) in [7, 11) is 1.68. The van der Waals surface area contributed by atoms with E-state index in [-0.39, 0.29) is 11.5 Å². The summed E-state index contributed by atoms with van der Waals surface area (Å²) in [6.07, 6.45) is 2.85. The van der Waals surface area contributed by atoms with Crippen molar-refractivity contribution in [2.75, 3.05) is 20.3 Å². The smallest absolute Gasteiger partial charge is 0.0832 e. The van der Waals surface area contributed by atoms with E-state index in [0.29, 0.717) is 6.61 Å². The van der Waals surface area contributed by atoms with Gasteiger partial charge >= 0.3 is 0 Å². The molecule has 2 unspecified atom stereocenters. The summed E-state index contributed by atoms with van der Waals surface area (Å²) in [5.41, 5.74) is -0.298. The van der Waals surface area contributed by atoms with E-state index in [9.17, 15) is 0 Å². The molecule has 1 fully saturated rings. The lowest BCUT2D eigenvalue weighted by atomic mass is 9.79. The van der Waals surface area contributed by atoms with Crippen LogP contribution in [-0.2, 0) is 9.47 Å². The maximum atomic E-state index is 9.10. The summed E-state index contributed by atoms with van der Waals surface area (Å²) in [6, 6.07) is 2.38. The van der Waals surface area contributed by atoms with E-state index in [1.165, 1.54) is 0 Å². The second-order valence-electron chi connectivity index (χ2n) is 3.80. The van der Waals surface area contributed by atoms with Crippen LogP contribution in [-0.4, -0.2) is 26.4 Å². The Labute approximate surface area is 79.6 Å². The van der Waals surface area contributed by atoms with E-state index in [0.717, 1.165) is 25.9 Å². The maximum absolute atomic E-state index is 9.10. The van der Waals surface area contributed by atoms with Crippen molar-refractivity contribution in [2.24, 2.45) is 5.41 Å². The quantitative estimate of drug-likeness (QED) is 0.669. The highest BCUT2D eigenvalue weighted by molar-refractivity contribution is 5.01. The molecule has 0 saturated carbocycles. The summed E-state index contributed by atoms with van der Waals surface area (Å²) in [5.74, 6) is 0. The van der Waals surface area contributed by atoms with Gasteiger partial charge in [-0.1, -0.05) is 0 Å². The lowest BCUT2D eigenvalue weighted by Gasteiger charge is -2.32. The van der Waals surface area contributed by atoms with Crippen LogP contribution < -0.4 is 0 Å². The average molecular weight is 183 g/mol. The van der Waals surface area contributed by atoms with Gasteiger partial charge in [0.05, 0.1) is 24.2 Å². The van der Waals surface area contributed by atoms with Gasteiger partial charge in [-0.05, 0) is 26.2 Å². The Kier molecular flexibility index (Phi) is 3.71. The minimum absolute atomic E-state index is 0.140. The third-order valence-corrected chi connectivity index (χ3v) is 2.64. The molecule has 74 valence electrons. The van der Waals surface area contributed by atoms with Crippen LogP contribution in [0.15, 0.2) is 0 Å². The zero-order chi connectivity index (χ0) is 9.73. The molecule has 0 radical (unpaired) electrons. The van der Waals surface area contributed by atoms with Gasteiger partial charge in [-0.2, -0.15) is 5.26 Å². The Morgan fingerprint density at radius 2 is 2.46 bits per heavy atom. The molecule has 0 aromatic heterocycles. The lowest BCUT2D eigenvalue weighted by molar-refractivity contribution is -0.0108. The first-order chi connectivity index (χ1) is 6.22. The van der Waals surface area contributed by atoms with E-state index in [1.807, 2.05) is 6.92 Å². The van der Waals surface area contributed by atoms with Gasteiger partial charge in [0.2, 0.25) is 0 Å². The molecule has 1 saturated heterocycles. The van der Waals surface area contributed by atoms with E-state index in [4.69, 9.17) is 14.7 Å². The predicted molar refractivity (Wildman–Crippen MR) is 49.2 cm³/mol. The van der Waals surface area contributed by atoms with Crippen LogP contribution in [0.2, 0.25) is 0 Å². The number of rotatable bonds is 3. The first-order valence-electron chi connectivity index (χ1n) is 4.74. The van der Waals surface area contributed by atoms with Gasteiger partial charge in [-0.15, -0.1) is 0 Å². The summed E-state index contributed by atoms with van der Waals surface area (Å²) >= 11 is 0. The van der Waals surface area contributed by atoms with Crippen LogP contribution >= 0.6 is 0 Å². The largest absolute Gasteiger partial charge is 0.382 e. The van der Waals surface area contributed by atoms with Gasteiger partial charge in [-0.25, -0.2) is 0 Å². The molecule has 1 heterocycles. The van der Waals surface area contributed by atoms with Crippen molar-refractivity contribution in [1.82, 2.24) is 0 Å². The topological polar surface area (TPSA) is 42.2 Å². The second kappa shape index (κ2) is 4.59. The Hall–Kier alpha value is -0.590. The summed E-state index contributed by atoms with van der Waals surface area (Å²) in [5, 5.41) is 9.10. The van der Waals surface area contributed by atoms with Crippen molar-refractivity contribution in [2.45, 2.75) is 32.3 Å². The molecule has 0 aliphatic carbocycles. The minimum Gasteiger partial charge on any atom is -0.382 e. The van der Waals surface area contributed by atoms with Crippen LogP contribution in [0.3, 0.4) is 0 Å². The Balaban J connectivity index is 2.53. The highest BCUT2D eigenvalue weighted by Crippen LogP contribution is 2.33. The number of nitrogens with zero attached hydrogens (tertiary/aromatic N) is 1. The Morgan fingerprint density at radius 3 is 2.92 bits per heavy atom. The van der Waals surface area contributed by atoms with Gasteiger partial charge in [0.1, 0.15) is 0 Å². The van der Waals surface area contributed by atoms with Crippen LogP contribution in [0, 0.1) is 16.7 Å². The van der Waals surface area contributed by atoms with Crippen LogP contribution in [0.5, 0.6) is 0 Å². The Bertz CT molecular complexity index is 192. The van der Waals surface area contributed by atoms with Gasteiger partial charge in [0.15, 0.2) is 0 Å². The lowest BCUT2D eigenvalue weighted by Crippen LogP contribution is -2.33. The van der Waals surface area contributed by atoms with E-state index in [1.54, 1.807) is 7.11 Å². The first-order valence-corrected chi connectivity index (χ1v) is 4.74. The third-order valence-electron chi connectivity index (χ3n) is 2.64.